The van der Waals surface area contributed by atoms with Crippen LogP contribution in [0.3, 0.4) is 0 Å². The Labute approximate surface area is 219 Å². The largest absolute Gasteiger partial charge is 0.449 e. The van der Waals surface area contributed by atoms with Gasteiger partial charge in [-0.15, -0.1) is 0 Å². The van der Waals surface area contributed by atoms with Crippen LogP contribution in [0.2, 0.25) is 5.02 Å². The van der Waals surface area contributed by atoms with Crippen molar-refractivity contribution in [1.29, 1.82) is 0 Å². The molecular weight excluding hydrogens is 497 g/mol. The van der Waals surface area contributed by atoms with E-state index in [0.717, 1.165) is 41.6 Å². The van der Waals surface area contributed by atoms with E-state index in [4.69, 9.17) is 27.1 Å². The molecule has 0 radical (unpaired) electrons. The molecule has 2 aromatic heterocycles. The van der Waals surface area contributed by atoms with Crippen LogP contribution in [0.25, 0.3) is 10.9 Å². The molecule has 2 N–H and O–H groups in total. The second-order valence-electron chi connectivity index (χ2n) is 9.55. The molecule has 0 bridgehead atoms. The minimum Gasteiger partial charge on any atom is -0.449 e. The number of carbonyl (C=O) groups excluding carboxylic acids is 2. The first-order valence-electron chi connectivity index (χ1n) is 12.6. The van der Waals surface area contributed by atoms with Crippen molar-refractivity contribution >= 4 is 34.5 Å². The lowest BCUT2D eigenvalue weighted by molar-refractivity contribution is 0.0390. The van der Waals surface area contributed by atoms with Crippen molar-refractivity contribution in [2.24, 2.45) is 5.73 Å². The van der Waals surface area contributed by atoms with Crippen molar-refractivity contribution < 1.29 is 18.7 Å². The first kappa shape index (κ1) is 25.4. The lowest BCUT2D eigenvalue weighted by atomic mass is 9.84. The fourth-order valence-electron chi connectivity index (χ4n) is 5.08. The van der Waals surface area contributed by atoms with Gasteiger partial charge in [-0.3, -0.25) is 19.7 Å². The number of benzene rings is 1. The normalized spacial score (nSPS) is 19.6. The highest BCUT2D eigenvalue weighted by Crippen LogP contribution is 2.37. The van der Waals surface area contributed by atoms with E-state index in [1.165, 1.54) is 17.2 Å². The molecular formula is C27H29ClFN5O3. The molecule has 2 amide bonds. The summed E-state index contributed by atoms with van der Waals surface area (Å²) in [5.41, 5.74) is 10.1. The van der Waals surface area contributed by atoms with Gasteiger partial charge in [-0.1, -0.05) is 24.6 Å². The Morgan fingerprint density at radius 2 is 2.08 bits per heavy atom. The van der Waals surface area contributed by atoms with Gasteiger partial charge in [0.2, 0.25) is 0 Å². The maximum atomic E-state index is 13.3. The van der Waals surface area contributed by atoms with Crippen LogP contribution in [-0.2, 0) is 17.6 Å². The number of hydrogen-bond donors (Lipinski definition) is 1. The van der Waals surface area contributed by atoms with Crippen LogP contribution in [-0.4, -0.2) is 64.2 Å². The number of piperazine rings is 1. The number of carbonyl (C=O) groups is 2. The Bertz CT molecular complexity index is 1340. The second kappa shape index (κ2) is 10.6. The summed E-state index contributed by atoms with van der Waals surface area (Å²) in [7, 11) is 0. The van der Waals surface area contributed by atoms with Crippen molar-refractivity contribution in [3.63, 3.8) is 0 Å². The summed E-state index contributed by atoms with van der Waals surface area (Å²) in [6.45, 7) is 3.13. The SMILES string of the molecule is CCCOC(=O)N1CCN(C(=O)c2ccc3c(Cl)c4c(nc3c2)CC(c2ccc(F)cn2)CC4)C[C@H]1N. The van der Waals surface area contributed by atoms with E-state index in [9.17, 15) is 14.0 Å². The smallest absolute Gasteiger partial charge is 0.411 e. The van der Waals surface area contributed by atoms with Crippen LogP contribution in [0, 0.1) is 5.82 Å². The van der Waals surface area contributed by atoms with Gasteiger partial charge in [-0.25, -0.2) is 9.18 Å². The molecule has 5 rings (SSSR count). The van der Waals surface area contributed by atoms with Crippen molar-refractivity contribution in [2.45, 2.75) is 44.7 Å². The molecule has 8 nitrogen and oxygen atoms in total. The van der Waals surface area contributed by atoms with Gasteiger partial charge in [0, 0.05) is 41.3 Å². The molecule has 0 saturated carbocycles. The predicted octanol–water partition coefficient (Wildman–Crippen LogP) is 4.28. The lowest BCUT2D eigenvalue weighted by Gasteiger charge is -2.38. The van der Waals surface area contributed by atoms with Gasteiger partial charge in [-0.2, -0.15) is 0 Å². The topological polar surface area (TPSA) is 102 Å². The quantitative estimate of drug-likeness (QED) is 0.545. The Kier molecular flexibility index (Phi) is 7.26. The zero-order valence-corrected chi connectivity index (χ0v) is 21.4. The molecule has 37 heavy (non-hydrogen) atoms. The van der Waals surface area contributed by atoms with Crippen molar-refractivity contribution in [1.82, 2.24) is 19.8 Å². The Balaban J connectivity index is 1.35. The van der Waals surface area contributed by atoms with Crippen LogP contribution in [0.5, 0.6) is 0 Å². The van der Waals surface area contributed by atoms with Crippen LogP contribution in [0.15, 0.2) is 36.5 Å². The number of pyridine rings is 2. The molecule has 1 aromatic carbocycles. The number of halogens is 2. The van der Waals surface area contributed by atoms with Gasteiger partial charge in [0.25, 0.3) is 5.91 Å². The fraction of sp³-hybridized carbons (Fsp3) is 0.407. The summed E-state index contributed by atoms with van der Waals surface area (Å²) >= 11 is 6.79. The van der Waals surface area contributed by atoms with E-state index in [-0.39, 0.29) is 24.2 Å². The third kappa shape index (κ3) is 5.10. The van der Waals surface area contributed by atoms with Crippen LogP contribution >= 0.6 is 11.6 Å². The monoisotopic (exact) mass is 525 g/mol. The Hall–Kier alpha value is -3.30. The van der Waals surface area contributed by atoms with Gasteiger partial charge in [0.15, 0.2) is 0 Å². The van der Waals surface area contributed by atoms with Gasteiger partial charge in [0.05, 0.1) is 29.9 Å². The average molecular weight is 526 g/mol. The Morgan fingerprint density at radius 3 is 2.81 bits per heavy atom. The Morgan fingerprint density at radius 1 is 1.24 bits per heavy atom. The highest BCUT2D eigenvalue weighted by molar-refractivity contribution is 6.36. The zero-order valence-electron chi connectivity index (χ0n) is 20.6. The van der Waals surface area contributed by atoms with E-state index in [1.807, 2.05) is 13.0 Å². The van der Waals surface area contributed by atoms with E-state index in [2.05, 4.69) is 4.98 Å². The van der Waals surface area contributed by atoms with Crippen molar-refractivity contribution in [2.75, 3.05) is 26.2 Å². The molecule has 3 aromatic rings. The van der Waals surface area contributed by atoms with Crippen LogP contribution in [0.1, 0.15) is 53.0 Å². The van der Waals surface area contributed by atoms with E-state index >= 15 is 0 Å². The minimum atomic E-state index is -0.640. The molecule has 1 aliphatic carbocycles. The fourth-order valence-corrected chi connectivity index (χ4v) is 5.44. The number of nitrogens with zero attached hydrogens (tertiary/aromatic N) is 4. The molecule has 194 valence electrons. The first-order valence-corrected chi connectivity index (χ1v) is 12.9. The van der Waals surface area contributed by atoms with Crippen molar-refractivity contribution in [3.05, 3.63) is 69.9 Å². The summed E-state index contributed by atoms with van der Waals surface area (Å²) in [4.78, 5) is 37.8. The first-order chi connectivity index (χ1) is 17.9. The highest BCUT2D eigenvalue weighted by atomic mass is 35.5. The molecule has 1 aliphatic heterocycles. The predicted molar refractivity (Wildman–Crippen MR) is 138 cm³/mol. The number of ether oxygens (including phenoxy) is 1. The third-order valence-electron chi connectivity index (χ3n) is 7.07. The summed E-state index contributed by atoms with van der Waals surface area (Å²) in [6.07, 6.45) is 3.13. The van der Waals surface area contributed by atoms with E-state index in [0.29, 0.717) is 42.2 Å². The number of nitrogens with two attached hydrogens (primary N) is 1. The standard InChI is InChI=1S/C27H29ClFN5O3/c1-2-11-37-27(36)34-10-9-33(15-24(34)30)26(35)17-4-7-20-23(13-17)32-22-12-16(3-6-19(22)25(20)28)21-8-5-18(29)14-31-21/h4-5,7-8,13-14,16,24H,2-3,6,9-12,15,30H2,1H3/t16?,24-/m0/s1. The summed E-state index contributed by atoms with van der Waals surface area (Å²) in [5.74, 6) is -0.410. The maximum absolute atomic E-state index is 13.3. The van der Waals surface area contributed by atoms with Crippen molar-refractivity contribution in [3.8, 4) is 0 Å². The van der Waals surface area contributed by atoms with Gasteiger partial charge < -0.3 is 15.4 Å². The molecule has 10 heteroatoms. The number of aromatic nitrogens is 2. The molecule has 2 aliphatic rings. The van der Waals surface area contributed by atoms with Gasteiger partial charge in [-0.05, 0) is 55.5 Å². The molecule has 1 saturated heterocycles. The molecule has 3 heterocycles. The van der Waals surface area contributed by atoms with E-state index < -0.39 is 12.3 Å². The van der Waals surface area contributed by atoms with Crippen LogP contribution in [0.4, 0.5) is 9.18 Å². The van der Waals surface area contributed by atoms with E-state index in [1.54, 1.807) is 23.1 Å². The van der Waals surface area contributed by atoms with Crippen LogP contribution < -0.4 is 5.73 Å². The maximum Gasteiger partial charge on any atom is 0.411 e. The molecule has 1 unspecified atom stereocenters. The summed E-state index contributed by atoms with van der Waals surface area (Å²) in [5, 5.41) is 1.46. The summed E-state index contributed by atoms with van der Waals surface area (Å²) in [6, 6.07) is 8.50. The number of rotatable bonds is 4. The minimum absolute atomic E-state index is 0.126. The number of hydrogen-bond acceptors (Lipinski definition) is 6. The van der Waals surface area contributed by atoms with Gasteiger partial charge in [0.1, 0.15) is 12.0 Å². The highest BCUT2D eigenvalue weighted by Gasteiger charge is 2.32. The zero-order chi connectivity index (χ0) is 26.1. The molecule has 2 atom stereocenters. The molecule has 1 fully saturated rings. The average Bonchev–Trinajstić information content (AvgIpc) is 2.91. The second-order valence-corrected chi connectivity index (χ2v) is 9.93. The van der Waals surface area contributed by atoms with Gasteiger partial charge >= 0.3 is 6.09 Å². The number of fused-ring (bicyclic) bond motifs is 2. The number of amides is 2. The molecule has 0 spiro atoms. The summed E-state index contributed by atoms with van der Waals surface area (Å²) < 4.78 is 18.5. The third-order valence-corrected chi connectivity index (χ3v) is 7.50. The lowest BCUT2D eigenvalue weighted by Crippen LogP contribution is -2.60.